The molecule has 0 unspecified atom stereocenters. The van der Waals surface area contributed by atoms with E-state index in [4.69, 9.17) is 0 Å². The number of hydrogen-bond acceptors (Lipinski definition) is 1. The fourth-order valence-electron chi connectivity index (χ4n) is 2.05. The van der Waals surface area contributed by atoms with Crippen LogP contribution in [0.4, 0.5) is 0 Å². The number of ketones is 1. The van der Waals surface area contributed by atoms with Gasteiger partial charge < -0.3 is 0 Å². The molecule has 0 bridgehead atoms. The topological polar surface area (TPSA) is 17.1 Å². The lowest BCUT2D eigenvalue weighted by molar-refractivity contribution is -0.109. The predicted molar refractivity (Wildman–Crippen MR) is 52.2 cm³/mol. The molecule has 0 aromatic heterocycles. The first-order chi connectivity index (χ1) is 6.36. The molecule has 0 aliphatic heterocycles. The summed E-state index contributed by atoms with van der Waals surface area (Å²) in [7, 11) is 0. The fraction of sp³-hybridized carbons (Fsp3) is 0.0833. The van der Waals surface area contributed by atoms with Crippen LogP contribution in [0.5, 0.6) is 0 Å². The molecule has 1 aromatic rings. The zero-order valence-corrected chi connectivity index (χ0v) is 7.08. The van der Waals surface area contributed by atoms with Gasteiger partial charge in [-0.2, -0.15) is 0 Å². The molecule has 0 N–H and O–H groups in total. The molecule has 2 aliphatic rings. The van der Waals surface area contributed by atoms with Crippen LogP contribution in [-0.2, 0) is 4.79 Å². The molecule has 0 spiro atoms. The van der Waals surface area contributed by atoms with Crippen LogP contribution in [0, 0.1) is 0 Å². The first-order valence-corrected chi connectivity index (χ1v) is 4.41. The molecule has 1 aromatic carbocycles. The monoisotopic (exact) mass is 168 g/mol. The molecule has 1 heteroatoms. The van der Waals surface area contributed by atoms with Crippen LogP contribution in [0.2, 0.25) is 0 Å². The minimum Gasteiger partial charge on any atom is -0.290 e. The van der Waals surface area contributed by atoms with Gasteiger partial charge >= 0.3 is 0 Å². The summed E-state index contributed by atoms with van der Waals surface area (Å²) in [6.45, 7) is 0. The summed E-state index contributed by atoms with van der Waals surface area (Å²) in [5.74, 6) is 0.175. The molecule has 62 valence electrons. The van der Waals surface area contributed by atoms with Gasteiger partial charge in [-0.3, -0.25) is 4.79 Å². The van der Waals surface area contributed by atoms with Crippen LogP contribution >= 0.6 is 0 Å². The van der Waals surface area contributed by atoms with Gasteiger partial charge in [0.1, 0.15) is 0 Å². The zero-order chi connectivity index (χ0) is 8.84. The van der Waals surface area contributed by atoms with E-state index in [1.54, 1.807) is 6.08 Å². The highest BCUT2D eigenvalue weighted by molar-refractivity contribution is 6.25. The van der Waals surface area contributed by atoms with Gasteiger partial charge in [0.25, 0.3) is 0 Å². The summed E-state index contributed by atoms with van der Waals surface area (Å²) < 4.78 is 0. The summed E-state index contributed by atoms with van der Waals surface area (Å²) >= 11 is 0. The minimum atomic E-state index is 0.175. The molecule has 13 heavy (non-hydrogen) atoms. The van der Waals surface area contributed by atoms with E-state index in [1.807, 2.05) is 12.1 Å². The van der Waals surface area contributed by atoms with Gasteiger partial charge in [-0.15, -0.1) is 0 Å². The van der Waals surface area contributed by atoms with Gasteiger partial charge in [0.05, 0.1) is 0 Å². The molecular weight excluding hydrogens is 160 g/mol. The lowest BCUT2D eigenvalue weighted by Crippen LogP contribution is -2.28. The Hall–Kier alpha value is -1.63. The minimum absolute atomic E-state index is 0.175. The van der Waals surface area contributed by atoms with Crippen LogP contribution < -0.4 is 10.4 Å². The highest BCUT2D eigenvalue weighted by Gasteiger charge is 2.16. The Morgan fingerprint density at radius 2 is 2.08 bits per heavy atom. The second-order valence-corrected chi connectivity index (χ2v) is 3.40. The molecule has 0 radical (unpaired) electrons. The van der Waals surface area contributed by atoms with Crippen molar-refractivity contribution >= 4 is 23.5 Å². The van der Waals surface area contributed by atoms with Crippen LogP contribution in [0.25, 0.3) is 17.7 Å². The van der Waals surface area contributed by atoms with Crippen molar-refractivity contribution in [3.63, 3.8) is 0 Å². The lowest BCUT2D eigenvalue weighted by Gasteiger charge is -2.04. The Morgan fingerprint density at radius 1 is 1.15 bits per heavy atom. The van der Waals surface area contributed by atoms with Crippen molar-refractivity contribution in [2.24, 2.45) is 0 Å². The molecule has 0 saturated heterocycles. The Kier molecular flexibility index (Phi) is 1.15. The van der Waals surface area contributed by atoms with Crippen LogP contribution in [-0.4, -0.2) is 5.78 Å². The first-order valence-electron chi connectivity index (χ1n) is 4.41. The quantitative estimate of drug-likeness (QED) is 0.555. The van der Waals surface area contributed by atoms with Crippen LogP contribution in [0.15, 0.2) is 24.3 Å². The van der Waals surface area contributed by atoms with Gasteiger partial charge in [0.15, 0.2) is 5.78 Å². The summed E-state index contributed by atoms with van der Waals surface area (Å²) in [6, 6.07) is 6.16. The summed E-state index contributed by atoms with van der Waals surface area (Å²) in [5.41, 5.74) is 2.15. The first kappa shape index (κ1) is 6.84. The van der Waals surface area contributed by atoms with Crippen molar-refractivity contribution in [2.45, 2.75) is 6.42 Å². The van der Waals surface area contributed by atoms with E-state index in [-0.39, 0.29) is 5.78 Å². The van der Waals surface area contributed by atoms with Crippen molar-refractivity contribution in [3.8, 4) is 0 Å². The third-order valence-corrected chi connectivity index (χ3v) is 2.67. The van der Waals surface area contributed by atoms with E-state index in [0.717, 1.165) is 17.2 Å². The smallest absolute Gasteiger partial charge is 0.182 e. The summed E-state index contributed by atoms with van der Waals surface area (Å²) in [5, 5.41) is 2.38. The Morgan fingerprint density at radius 3 is 3.00 bits per heavy atom. The third-order valence-electron chi connectivity index (χ3n) is 2.67. The van der Waals surface area contributed by atoms with Gasteiger partial charge in [-0.1, -0.05) is 30.4 Å². The Balaban J connectivity index is 2.60. The van der Waals surface area contributed by atoms with Crippen molar-refractivity contribution in [2.75, 3.05) is 0 Å². The molecule has 0 atom stereocenters. The molecule has 3 rings (SSSR count). The van der Waals surface area contributed by atoms with E-state index < -0.39 is 0 Å². The molecule has 0 fully saturated rings. The maximum absolute atomic E-state index is 11.5. The van der Waals surface area contributed by atoms with Crippen molar-refractivity contribution < 1.29 is 4.79 Å². The van der Waals surface area contributed by atoms with E-state index in [9.17, 15) is 4.79 Å². The number of benzene rings is 1. The largest absolute Gasteiger partial charge is 0.290 e. The van der Waals surface area contributed by atoms with Gasteiger partial charge in [0, 0.05) is 5.57 Å². The lowest BCUT2D eigenvalue weighted by atomic mass is 9.99. The fourth-order valence-corrected chi connectivity index (χ4v) is 2.05. The Bertz CT molecular complexity index is 547. The van der Waals surface area contributed by atoms with E-state index in [1.165, 1.54) is 10.8 Å². The number of rotatable bonds is 0. The third kappa shape index (κ3) is 0.788. The summed E-state index contributed by atoms with van der Waals surface area (Å²) in [6.07, 6.45) is 6.50. The van der Waals surface area contributed by atoms with Gasteiger partial charge in [-0.25, -0.2) is 0 Å². The standard InChI is InChI=1S/C12H8O/c13-11-7-5-9-3-1-2-8-4-6-10(11)12(8)9/h1-5,7H,6H2. The average molecular weight is 168 g/mol. The summed E-state index contributed by atoms with van der Waals surface area (Å²) in [4.78, 5) is 11.5. The number of carbonyl (C=O) groups excluding carboxylic acids is 1. The van der Waals surface area contributed by atoms with Crippen LogP contribution in [0.1, 0.15) is 12.0 Å². The highest BCUT2D eigenvalue weighted by atomic mass is 16.1. The SMILES string of the molecule is O=C1C=Cc2cccc3c2=C1CC=3. The second kappa shape index (κ2) is 2.19. The van der Waals surface area contributed by atoms with Gasteiger partial charge in [-0.05, 0) is 28.5 Å². The molecule has 2 aliphatic carbocycles. The zero-order valence-electron chi connectivity index (χ0n) is 7.08. The normalized spacial score (nSPS) is 17.2. The maximum atomic E-state index is 11.5. The number of hydrogen-bond donors (Lipinski definition) is 0. The molecule has 0 amide bonds. The highest BCUT2D eigenvalue weighted by Crippen LogP contribution is 2.13. The predicted octanol–water partition coefficient (Wildman–Crippen LogP) is 0.617. The maximum Gasteiger partial charge on any atom is 0.182 e. The molecular formula is C12H8O. The number of allylic oxidation sites excluding steroid dienone is 1. The van der Waals surface area contributed by atoms with Crippen molar-refractivity contribution in [3.05, 3.63) is 40.3 Å². The average Bonchev–Trinajstić information content (AvgIpc) is 2.57. The molecule has 0 heterocycles. The van der Waals surface area contributed by atoms with Crippen molar-refractivity contribution in [1.82, 2.24) is 0 Å². The van der Waals surface area contributed by atoms with E-state index in [2.05, 4.69) is 18.2 Å². The molecule has 0 saturated carbocycles. The van der Waals surface area contributed by atoms with Gasteiger partial charge in [0.2, 0.25) is 0 Å². The second-order valence-electron chi connectivity index (χ2n) is 3.40. The van der Waals surface area contributed by atoms with E-state index in [0.29, 0.717) is 0 Å². The number of carbonyl (C=O) groups is 1. The Labute approximate surface area is 75.7 Å². The van der Waals surface area contributed by atoms with Crippen molar-refractivity contribution in [1.29, 1.82) is 0 Å². The van der Waals surface area contributed by atoms with Crippen LogP contribution in [0.3, 0.4) is 0 Å². The van der Waals surface area contributed by atoms with E-state index >= 15 is 0 Å². The molecule has 1 nitrogen and oxygen atoms in total.